The highest BCUT2D eigenvalue weighted by atomic mass is 32.1. The average molecular weight is 351 g/mol. The van der Waals surface area contributed by atoms with Crippen molar-refractivity contribution in [1.29, 1.82) is 0 Å². The number of hydrogen-bond donors (Lipinski definition) is 3. The smallest absolute Gasteiger partial charge is 0.311 e. The molecule has 0 heterocycles. The highest BCUT2D eigenvalue weighted by Crippen LogP contribution is 2.43. The third-order valence-electron chi connectivity index (χ3n) is 4.72. The van der Waals surface area contributed by atoms with E-state index in [0.717, 1.165) is 47.5 Å². The lowest BCUT2D eigenvalue weighted by Crippen LogP contribution is -2.27. The van der Waals surface area contributed by atoms with Gasteiger partial charge < -0.3 is 5.11 Å². The summed E-state index contributed by atoms with van der Waals surface area (Å²) >= 11 is 8.92. The molecule has 1 aromatic rings. The van der Waals surface area contributed by atoms with Gasteiger partial charge in [0.1, 0.15) is 0 Å². The van der Waals surface area contributed by atoms with E-state index in [4.69, 9.17) is 0 Å². The first kappa shape index (κ1) is 18.5. The van der Waals surface area contributed by atoms with E-state index >= 15 is 0 Å². The summed E-state index contributed by atoms with van der Waals surface area (Å²) in [6, 6.07) is 8.11. The fraction of sp³-hybridized carbons (Fsp3) is 0.526. The Bertz CT molecular complexity index is 605. The van der Waals surface area contributed by atoms with Gasteiger partial charge in [-0.3, -0.25) is 4.79 Å². The Kier molecular flexibility index (Phi) is 6.26. The van der Waals surface area contributed by atoms with Crippen LogP contribution in [0.5, 0.6) is 0 Å². The number of aryl methyl sites for hydroxylation is 1. The monoisotopic (exact) mass is 350 g/mol. The van der Waals surface area contributed by atoms with Gasteiger partial charge >= 0.3 is 5.97 Å². The van der Waals surface area contributed by atoms with Crippen LogP contribution in [0.25, 0.3) is 0 Å². The van der Waals surface area contributed by atoms with Gasteiger partial charge in [-0.15, -0.1) is 12.6 Å². The van der Waals surface area contributed by atoms with E-state index in [1.165, 1.54) is 5.56 Å². The van der Waals surface area contributed by atoms with Crippen LogP contribution in [0.4, 0.5) is 0 Å². The maximum absolute atomic E-state index is 11.9. The molecule has 0 fully saturated rings. The molecule has 1 aromatic carbocycles. The fourth-order valence-electron chi connectivity index (χ4n) is 3.35. The van der Waals surface area contributed by atoms with E-state index in [9.17, 15) is 9.90 Å². The van der Waals surface area contributed by atoms with Crippen molar-refractivity contribution in [3.8, 4) is 0 Å². The summed E-state index contributed by atoms with van der Waals surface area (Å²) in [5, 5.41) is 9.81. The van der Waals surface area contributed by atoms with Crippen molar-refractivity contribution in [1.82, 2.24) is 0 Å². The molecule has 0 spiro atoms. The van der Waals surface area contributed by atoms with Crippen LogP contribution in [0.2, 0.25) is 0 Å². The Balaban J connectivity index is 2.32. The topological polar surface area (TPSA) is 37.3 Å². The number of thiol groups is 2. The van der Waals surface area contributed by atoms with Gasteiger partial charge in [0.05, 0.1) is 5.92 Å². The average Bonchev–Trinajstić information content (AvgIpc) is 2.49. The van der Waals surface area contributed by atoms with Gasteiger partial charge in [-0.2, -0.15) is 12.6 Å². The second kappa shape index (κ2) is 7.80. The van der Waals surface area contributed by atoms with Crippen LogP contribution >= 0.6 is 25.3 Å². The Labute approximate surface area is 150 Å². The summed E-state index contributed by atoms with van der Waals surface area (Å²) in [5.41, 5.74) is 3.48. The first-order valence-corrected chi connectivity index (χ1v) is 9.23. The molecule has 1 aliphatic carbocycles. The lowest BCUT2D eigenvalue weighted by Gasteiger charge is -2.34. The molecule has 0 aliphatic heterocycles. The normalized spacial score (nSPS) is 18.8. The third-order valence-corrected chi connectivity index (χ3v) is 5.45. The highest BCUT2D eigenvalue weighted by Gasteiger charge is 2.33. The van der Waals surface area contributed by atoms with E-state index < -0.39 is 11.9 Å². The molecule has 2 nitrogen and oxygen atoms in total. The molecule has 1 aliphatic rings. The summed E-state index contributed by atoms with van der Waals surface area (Å²) in [5.74, 6) is -0.462. The second-order valence-corrected chi connectivity index (χ2v) is 8.14. The number of benzene rings is 1. The molecule has 1 atom stereocenters. The van der Waals surface area contributed by atoms with Crippen molar-refractivity contribution in [2.24, 2.45) is 11.3 Å². The predicted molar refractivity (Wildman–Crippen MR) is 102 cm³/mol. The maximum Gasteiger partial charge on any atom is 0.311 e. The van der Waals surface area contributed by atoms with E-state index in [-0.39, 0.29) is 5.41 Å². The molecule has 126 valence electrons. The molecule has 0 radical (unpaired) electrons. The number of carboxylic acids is 1. The Morgan fingerprint density at radius 2 is 1.96 bits per heavy atom. The second-order valence-electron chi connectivity index (χ2n) is 7.15. The number of carbonyl (C=O) groups is 1. The summed E-state index contributed by atoms with van der Waals surface area (Å²) in [6.45, 7) is 4.42. The first-order valence-electron chi connectivity index (χ1n) is 8.15. The van der Waals surface area contributed by atoms with Crippen molar-refractivity contribution >= 4 is 31.2 Å². The number of allylic oxidation sites excluding steroid dienone is 1. The standard InChI is InChI=1S/C19H26O2S2/c1-19(2)9-7-17(23)16(12-19)15(18(20)21)11-14-6-4-3-5-13(14)8-10-22/h3-6,15,22-23H,7-12H2,1-2H3,(H,20,21). The van der Waals surface area contributed by atoms with Crippen LogP contribution in [0, 0.1) is 11.3 Å². The first-order chi connectivity index (χ1) is 10.8. The molecule has 0 amide bonds. The van der Waals surface area contributed by atoms with Crippen molar-refractivity contribution in [2.75, 3.05) is 5.75 Å². The van der Waals surface area contributed by atoms with Crippen molar-refractivity contribution in [2.45, 2.75) is 46.0 Å². The molecule has 0 saturated carbocycles. The van der Waals surface area contributed by atoms with Crippen LogP contribution < -0.4 is 0 Å². The summed E-state index contributed by atoms with van der Waals surface area (Å²) < 4.78 is 0. The zero-order valence-corrected chi connectivity index (χ0v) is 15.7. The Hall–Kier alpha value is -0.870. The number of carboxylic acid groups (broad SMARTS) is 1. The van der Waals surface area contributed by atoms with Crippen LogP contribution in [0.15, 0.2) is 34.7 Å². The van der Waals surface area contributed by atoms with E-state index in [2.05, 4.69) is 45.2 Å². The van der Waals surface area contributed by atoms with Gasteiger partial charge in [-0.05, 0) is 64.9 Å². The van der Waals surface area contributed by atoms with Gasteiger partial charge in [0.25, 0.3) is 0 Å². The van der Waals surface area contributed by atoms with Gasteiger partial charge in [0, 0.05) is 0 Å². The zero-order chi connectivity index (χ0) is 17.0. The quantitative estimate of drug-likeness (QED) is 0.645. The largest absolute Gasteiger partial charge is 0.481 e. The Morgan fingerprint density at radius 3 is 2.57 bits per heavy atom. The zero-order valence-electron chi connectivity index (χ0n) is 13.9. The molecular formula is C19H26O2S2. The maximum atomic E-state index is 11.9. The van der Waals surface area contributed by atoms with Gasteiger partial charge in [0.15, 0.2) is 0 Å². The minimum Gasteiger partial charge on any atom is -0.481 e. The molecule has 0 saturated heterocycles. The number of aliphatic carboxylic acids is 1. The van der Waals surface area contributed by atoms with Gasteiger partial charge in [-0.25, -0.2) is 0 Å². The molecule has 4 heteroatoms. The third kappa shape index (κ3) is 4.80. The van der Waals surface area contributed by atoms with Crippen LogP contribution in [-0.2, 0) is 17.6 Å². The SMILES string of the molecule is CC1(C)CCC(S)=C(C(Cc2ccccc2CCS)C(=O)O)C1. The molecule has 2 rings (SSSR count). The van der Waals surface area contributed by atoms with E-state index in [0.29, 0.717) is 6.42 Å². The van der Waals surface area contributed by atoms with E-state index in [1.807, 2.05) is 18.2 Å². The predicted octanol–water partition coefficient (Wildman–Crippen LogP) is 4.80. The minimum absolute atomic E-state index is 0.153. The van der Waals surface area contributed by atoms with Crippen LogP contribution in [0.3, 0.4) is 0 Å². The molecule has 1 unspecified atom stereocenters. The van der Waals surface area contributed by atoms with E-state index in [1.54, 1.807) is 0 Å². The summed E-state index contributed by atoms with van der Waals surface area (Å²) in [6.07, 6.45) is 4.17. The summed E-state index contributed by atoms with van der Waals surface area (Å²) in [4.78, 5) is 12.9. The summed E-state index contributed by atoms with van der Waals surface area (Å²) in [7, 11) is 0. The molecule has 0 aromatic heterocycles. The molecular weight excluding hydrogens is 324 g/mol. The molecule has 23 heavy (non-hydrogen) atoms. The van der Waals surface area contributed by atoms with Crippen molar-refractivity contribution in [3.05, 3.63) is 45.9 Å². The molecule has 0 bridgehead atoms. The lowest BCUT2D eigenvalue weighted by molar-refractivity contribution is -0.140. The van der Waals surface area contributed by atoms with Crippen molar-refractivity contribution in [3.63, 3.8) is 0 Å². The van der Waals surface area contributed by atoms with Gasteiger partial charge in [-0.1, -0.05) is 38.1 Å². The van der Waals surface area contributed by atoms with Crippen LogP contribution in [-0.4, -0.2) is 16.8 Å². The lowest BCUT2D eigenvalue weighted by atomic mass is 9.72. The molecule has 1 N–H and O–H groups in total. The van der Waals surface area contributed by atoms with Gasteiger partial charge in [0.2, 0.25) is 0 Å². The Morgan fingerprint density at radius 1 is 1.30 bits per heavy atom. The minimum atomic E-state index is -0.745. The number of rotatable bonds is 6. The number of hydrogen-bond acceptors (Lipinski definition) is 3. The van der Waals surface area contributed by atoms with Crippen LogP contribution in [0.1, 0.15) is 44.2 Å². The van der Waals surface area contributed by atoms with Crippen molar-refractivity contribution < 1.29 is 9.90 Å². The fourth-order valence-corrected chi connectivity index (χ4v) is 3.94. The highest BCUT2D eigenvalue weighted by molar-refractivity contribution is 7.84.